The van der Waals surface area contributed by atoms with Gasteiger partial charge in [-0.3, -0.25) is 9.69 Å². The van der Waals surface area contributed by atoms with Gasteiger partial charge in [-0.05, 0) is 26.3 Å². The first kappa shape index (κ1) is 12.4. The van der Waals surface area contributed by atoms with Gasteiger partial charge in [0, 0.05) is 6.04 Å². The van der Waals surface area contributed by atoms with E-state index < -0.39 is 0 Å². The van der Waals surface area contributed by atoms with Crippen LogP contribution >= 0.6 is 0 Å². The van der Waals surface area contributed by atoms with Crippen molar-refractivity contribution in [2.24, 2.45) is 5.73 Å². The summed E-state index contributed by atoms with van der Waals surface area (Å²) in [6, 6.07) is 0.336. The Hall–Kier alpha value is -0.570. The second-order valence-electron chi connectivity index (χ2n) is 3.41. The lowest BCUT2D eigenvalue weighted by Crippen LogP contribution is -2.48. The van der Waals surface area contributed by atoms with Crippen LogP contribution in [-0.4, -0.2) is 29.4 Å². The summed E-state index contributed by atoms with van der Waals surface area (Å²) in [6.07, 6.45) is 1.85. The molecule has 0 rings (SSSR count). The Balaban J connectivity index is 4.42. The smallest absolute Gasteiger partial charge is 0.234 e. The molecule has 3 nitrogen and oxygen atoms in total. The third kappa shape index (κ3) is 3.35. The Labute approximate surface area is 81.3 Å². The van der Waals surface area contributed by atoms with E-state index in [0.717, 1.165) is 19.4 Å². The minimum absolute atomic E-state index is 0.0973. The van der Waals surface area contributed by atoms with E-state index in [9.17, 15) is 4.79 Å². The van der Waals surface area contributed by atoms with Gasteiger partial charge in [0.25, 0.3) is 0 Å². The molecule has 0 aromatic heterocycles. The van der Waals surface area contributed by atoms with Crippen LogP contribution in [0.15, 0.2) is 0 Å². The zero-order valence-electron chi connectivity index (χ0n) is 9.21. The monoisotopic (exact) mass is 186 g/mol. The first-order chi connectivity index (χ1) is 6.08. The molecule has 0 aliphatic heterocycles. The summed E-state index contributed by atoms with van der Waals surface area (Å²) in [5, 5.41) is 0. The summed E-state index contributed by atoms with van der Waals surface area (Å²) in [7, 11) is 0. The molecule has 0 aliphatic carbocycles. The van der Waals surface area contributed by atoms with Crippen LogP contribution in [0.25, 0.3) is 0 Å². The van der Waals surface area contributed by atoms with Crippen LogP contribution in [0.2, 0.25) is 0 Å². The highest BCUT2D eigenvalue weighted by Crippen LogP contribution is 2.10. The molecule has 0 heterocycles. The molecular formula is C10H22N2O. The molecule has 0 spiro atoms. The topological polar surface area (TPSA) is 46.3 Å². The second kappa shape index (κ2) is 5.97. The van der Waals surface area contributed by atoms with Gasteiger partial charge in [-0.15, -0.1) is 0 Å². The third-order valence-electron chi connectivity index (χ3n) is 2.64. The van der Waals surface area contributed by atoms with Crippen molar-refractivity contribution in [2.75, 3.05) is 6.54 Å². The Morgan fingerprint density at radius 1 is 1.31 bits per heavy atom. The predicted octanol–water partition coefficient (Wildman–Crippen LogP) is 1.37. The van der Waals surface area contributed by atoms with Crippen LogP contribution in [0.5, 0.6) is 0 Å². The Bertz CT molecular complexity index is 159. The number of likely N-dealkylation sites (N-methyl/N-ethyl adjacent to an activating group) is 1. The van der Waals surface area contributed by atoms with Gasteiger partial charge in [-0.2, -0.15) is 0 Å². The lowest BCUT2D eigenvalue weighted by Gasteiger charge is -2.32. The molecule has 13 heavy (non-hydrogen) atoms. The van der Waals surface area contributed by atoms with Gasteiger partial charge >= 0.3 is 0 Å². The normalized spacial score (nSPS) is 15.8. The maximum atomic E-state index is 11.1. The quantitative estimate of drug-likeness (QED) is 0.681. The first-order valence-corrected chi connectivity index (χ1v) is 5.13. The minimum Gasteiger partial charge on any atom is -0.368 e. The molecule has 0 saturated heterocycles. The molecule has 0 fully saturated rings. The minimum atomic E-state index is -0.204. The summed E-state index contributed by atoms with van der Waals surface area (Å²) in [6.45, 7) is 9.21. The van der Waals surface area contributed by atoms with Crippen LogP contribution in [0.4, 0.5) is 0 Å². The molecule has 3 heteroatoms. The number of carbonyl (C=O) groups is 1. The van der Waals surface area contributed by atoms with Crippen LogP contribution in [0.3, 0.4) is 0 Å². The average Bonchev–Trinajstić information content (AvgIpc) is 2.12. The molecule has 0 bridgehead atoms. The van der Waals surface area contributed by atoms with Crippen molar-refractivity contribution >= 4 is 5.91 Å². The van der Waals surface area contributed by atoms with E-state index >= 15 is 0 Å². The SMILES string of the molecule is CCC(C)N(CC)C(CC)C(N)=O. The molecule has 0 aliphatic rings. The van der Waals surface area contributed by atoms with Crippen LogP contribution in [0, 0.1) is 0 Å². The number of hydrogen-bond donors (Lipinski definition) is 1. The fraction of sp³-hybridized carbons (Fsp3) is 0.900. The second-order valence-corrected chi connectivity index (χ2v) is 3.41. The third-order valence-corrected chi connectivity index (χ3v) is 2.64. The van der Waals surface area contributed by atoms with Gasteiger partial charge in [0.2, 0.25) is 5.91 Å². The van der Waals surface area contributed by atoms with Crippen molar-refractivity contribution in [1.82, 2.24) is 4.90 Å². The Kier molecular flexibility index (Phi) is 5.71. The van der Waals surface area contributed by atoms with E-state index in [1.54, 1.807) is 0 Å². The highest BCUT2D eigenvalue weighted by Gasteiger charge is 2.23. The van der Waals surface area contributed by atoms with E-state index in [1.165, 1.54) is 0 Å². The van der Waals surface area contributed by atoms with Gasteiger partial charge in [0.15, 0.2) is 0 Å². The number of amides is 1. The van der Waals surface area contributed by atoms with Crippen LogP contribution in [0.1, 0.15) is 40.5 Å². The number of rotatable bonds is 6. The van der Waals surface area contributed by atoms with Crippen molar-refractivity contribution in [1.29, 1.82) is 0 Å². The maximum Gasteiger partial charge on any atom is 0.234 e. The predicted molar refractivity (Wildman–Crippen MR) is 55.4 cm³/mol. The summed E-state index contributed by atoms with van der Waals surface area (Å²) < 4.78 is 0. The summed E-state index contributed by atoms with van der Waals surface area (Å²) >= 11 is 0. The Morgan fingerprint density at radius 2 is 1.85 bits per heavy atom. The van der Waals surface area contributed by atoms with Crippen molar-refractivity contribution in [2.45, 2.75) is 52.6 Å². The molecule has 0 saturated carbocycles. The number of primary amides is 1. The van der Waals surface area contributed by atoms with Crippen LogP contribution in [-0.2, 0) is 4.79 Å². The number of nitrogens with two attached hydrogens (primary N) is 1. The van der Waals surface area contributed by atoms with Gasteiger partial charge in [-0.25, -0.2) is 0 Å². The van der Waals surface area contributed by atoms with Gasteiger partial charge in [0.05, 0.1) is 6.04 Å². The van der Waals surface area contributed by atoms with Gasteiger partial charge in [-0.1, -0.05) is 20.8 Å². The molecule has 78 valence electrons. The lowest BCUT2D eigenvalue weighted by molar-refractivity contribution is -0.124. The van der Waals surface area contributed by atoms with Gasteiger partial charge < -0.3 is 5.73 Å². The summed E-state index contributed by atoms with van der Waals surface area (Å²) in [5.41, 5.74) is 5.34. The zero-order chi connectivity index (χ0) is 10.4. The number of hydrogen-bond acceptors (Lipinski definition) is 2. The maximum absolute atomic E-state index is 11.1. The highest BCUT2D eigenvalue weighted by atomic mass is 16.1. The summed E-state index contributed by atoms with van der Waals surface area (Å²) in [4.78, 5) is 13.3. The molecule has 0 radical (unpaired) electrons. The molecule has 2 unspecified atom stereocenters. The molecule has 2 atom stereocenters. The van der Waals surface area contributed by atoms with Crippen molar-refractivity contribution < 1.29 is 4.79 Å². The first-order valence-electron chi connectivity index (χ1n) is 5.13. The largest absolute Gasteiger partial charge is 0.368 e. The van der Waals surface area contributed by atoms with E-state index in [2.05, 4.69) is 25.7 Å². The molecule has 0 aromatic rings. The fourth-order valence-electron chi connectivity index (χ4n) is 1.67. The highest BCUT2D eigenvalue weighted by molar-refractivity contribution is 5.79. The lowest BCUT2D eigenvalue weighted by atomic mass is 10.1. The van der Waals surface area contributed by atoms with Crippen molar-refractivity contribution in [3.05, 3.63) is 0 Å². The number of carbonyl (C=O) groups excluding carboxylic acids is 1. The molecular weight excluding hydrogens is 164 g/mol. The summed E-state index contributed by atoms with van der Waals surface area (Å²) in [5.74, 6) is -0.204. The molecule has 0 aromatic carbocycles. The van der Waals surface area contributed by atoms with E-state index in [1.807, 2.05) is 6.92 Å². The van der Waals surface area contributed by atoms with E-state index in [-0.39, 0.29) is 11.9 Å². The molecule has 2 N–H and O–H groups in total. The van der Waals surface area contributed by atoms with Crippen molar-refractivity contribution in [3.8, 4) is 0 Å². The average molecular weight is 186 g/mol. The van der Waals surface area contributed by atoms with E-state index in [4.69, 9.17) is 5.73 Å². The standard InChI is InChI=1S/C10H22N2O/c1-5-8(4)12(7-3)9(6-2)10(11)13/h8-9H,5-7H2,1-4H3,(H2,11,13). The molecule has 1 amide bonds. The zero-order valence-corrected chi connectivity index (χ0v) is 9.21. The van der Waals surface area contributed by atoms with E-state index in [0.29, 0.717) is 6.04 Å². The Morgan fingerprint density at radius 3 is 2.08 bits per heavy atom. The van der Waals surface area contributed by atoms with Gasteiger partial charge in [0.1, 0.15) is 0 Å². The fourth-order valence-corrected chi connectivity index (χ4v) is 1.67. The van der Waals surface area contributed by atoms with Crippen molar-refractivity contribution in [3.63, 3.8) is 0 Å². The number of nitrogens with zero attached hydrogens (tertiary/aromatic N) is 1. The van der Waals surface area contributed by atoms with Crippen LogP contribution < -0.4 is 5.73 Å².